The normalized spacial score (nSPS) is 21.7. The zero-order valence-corrected chi connectivity index (χ0v) is 19.8. The van der Waals surface area contributed by atoms with Crippen LogP contribution in [-0.2, 0) is 6.42 Å². The first kappa shape index (κ1) is 23.6. The van der Waals surface area contributed by atoms with Crippen molar-refractivity contribution in [2.24, 2.45) is 0 Å². The van der Waals surface area contributed by atoms with Gasteiger partial charge >= 0.3 is 0 Å². The van der Waals surface area contributed by atoms with Crippen LogP contribution in [0.3, 0.4) is 0 Å². The van der Waals surface area contributed by atoms with E-state index in [0.29, 0.717) is 33.6 Å². The fraction of sp³-hybridized carbons (Fsp3) is 0.172. The molecule has 0 saturated heterocycles. The number of fused-ring (bicyclic) bond motifs is 3. The van der Waals surface area contributed by atoms with Gasteiger partial charge in [-0.25, -0.2) is 0 Å². The van der Waals surface area contributed by atoms with E-state index in [1.807, 2.05) is 0 Å². The number of aromatic hydroxyl groups is 6. The van der Waals surface area contributed by atoms with Crippen molar-refractivity contribution >= 4 is 0 Å². The number of benzene rings is 4. The minimum Gasteiger partial charge on any atom is -0.508 e. The number of aliphatic hydroxyl groups excluding tert-OH is 1. The molecule has 0 radical (unpaired) electrons. The lowest BCUT2D eigenvalue weighted by molar-refractivity contribution is 0.0194. The molecule has 0 aromatic heterocycles. The van der Waals surface area contributed by atoms with Gasteiger partial charge in [0.05, 0.1) is 12.0 Å². The quantitative estimate of drug-likeness (QED) is 0.198. The molecule has 4 aromatic carbocycles. The Kier molecular flexibility index (Phi) is 5.39. The first-order valence-corrected chi connectivity index (χ1v) is 11.9. The van der Waals surface area contributed by atoms with Crippen molar-refractivity contribution < 1.29 is 45.2 Å². The molecule has 6 rings (SSSR count). The van der Waals surface area contributed by atoms with Crippen LogP contribution in [0.15, 0.2) is 66.7 Å². The Morgan fingerprint density at radius 2 is 1.26 bits per heavy atom. The minimum absolute atomic E-state index is 0.0821. The molecule has 9 heteroatoms. The lowest BCUT2D eigenvalue weighted by atomic mass is 9.83. The Balaban J connectivity index is 1.49. The molecular formula is C29H24O9. The van der Waals surface area contributed by atoms with Crippen LogP contribution in [0, 0.1) is 0 Å². The van der Waals surface area contributed by atoms with Crippen molar-refractivity contribution in [3.05, 3.63) is 94.5 Å². The molecule has 194 valence electrons. The molecule has 0 saturated carbocycles. The van der Waals surface area contributed by atoms with Crippen LogP contribution >= 0.6 is 0 Å². The summed E-state index contributed by atoms with van der Waals surface area (Å²) in [5, 5.41) is 72.2. The van der Waals surface area contributed by atoms with E-state index in [-0.39, 0.29) is 46.7 Å². The summed E-state index contributed by atoms with van der Waals surface area (Å²) in [6.45, 7) is 0. The molecule has 9 nitrogen and oxygen atoms in total. The molecule has 0 aliphatic carbocycles. The Hall–Kier alpha value is -4.76. The van der Waals surface area contributed by atoms with E-state index >= 15 is 0 Å². The van der Waals surface area contributed by atoms with E-state index in [9.17, 15) is 35.7 Å². The molecule has 4 unspecified atom stereocenters. The zero-order valence-electron chi connectivity index (χ0n) is 19.8. The average Bonchev–Trinajstić information content (AvgIpc) is 3.28. The molecule has 2 aliphatic heterocycles. The van der Waals surface area contributed by atoms with Gasteiger partial charge in [0.25, 0.3) is 0 Å². The van der Waals surface area contributed by atoms with Gasteiger partial charge in [0, 0.05) is 29.7 Å². The predicted molar refractivity (Wildman–Crippen MR) is 134 cm³/mol. The molecule has 38 heavy (non-hydrogen) atoms. The van der Waals surface area contributed by atoms with Crippen LogP contribution in [0.1, 0.15) is 45.9 Å². The first-order valence-electron chi connectivity index (χ1n) is 11.9. The van der Waals surface area contributed by atoms with Gasteiger partial charge in [-0.15, -0.1) is 0 Å². The fourth-order valence-corrected chi connectivity index (χ4v) is 5.36. The maximum atomic E-state index is 11.2. The highest BCUT2D eigenvalue weighted by atomic mass is 16.5. The Morgan fingerprint density at radius 1 is 0.579 bits per heavy atom. The van der Waals surface area contributed by atoms with Gasteiger partial charge in [-0.2, -0.15) is 0 Å². The number of ether oxygens (including phenoxy) is 2. The number of aliphatic hydroxyl groups is 1. The minimum atomic E-state index is -0.968. The standard InChI is InChI=1S/C29H24O9/c30-16-4-1-13(2-5-16)27-23(36)11-19-24(37-27)12-22(35)26-25(15-7-17(31)10-18(32)8-15)28(38-29(19)26)14-3-6-20(33)21(34)9-14/h1-10,12,23,25,27-28,30-36H,11H2. The number of phenolic OH excluding ortho intramolecular Hbond substituents is 6. The highest BCUT2D eigenvalue weighted by Gasteiger charge is 2.44. The summed E-state index contributed by atoms with van der Waals surface area (Å²) >= 11 is 0. The number of hydrogen-bond donors (Lipinski definition) is 7. The van der Waals surface area contributed by atoms with E-state index in [1.54, 1.807) is 18.2 Å². The average molecular weight is 517 g/mol. The van der Waals surface area contributed by atoms with Gasteiger partial charge in [0.1, 0.15) is 46.7 Å². The molecule has 7 N–H and O–H groups in total. The molecule has 4 aromatic rings. The second kappa shape index (κ2) is 8.67. The number of phenols is 6. The molecule has 0 fully saturated rings. The van der Waals surface area contributed by atoms with Crippen LogP contribution in [-0.4, -0.2) is 41.8 Å². The van der Waals surface area contributed by atoms with Crippen LogP contribution in [0.25, 0.3) is 0 Å². The third kappa shape index (κ3) is 3.84. The Bertz CT molecular complexity index is 1530. The smallest absolute Gasteiger partial charge is 0.157 e. The number of hydrogen-bond acceptors (Lipinski definition) is 9. The molecule has 0 spiro atoms. The predicted octanol–water partition coefficient (Wildman–Crippen LogP) is 4.22. The van der Waals surface area contributed by atoms with Gasteiger partial charge in [-0.3, -0.25) is 0 Å². The third-order valence-electron chi connectivity index (χ3n) is 7.07. The van der Waals surface area contributed by atoms with Crippen molar-refractivity contribution in [2.45, 2.75) is 30.7 Å². The van der Waals surface area contributed by atoms with Crippen molar-refractivity contribution in [3.8, 4) is 46.0 Å². The number of rotatable bonds is 3. The maximum Gasteiger partial charge on any atom is 0.157 e. The first-order chi connectivity index (χ1) is 18.2. The van der Waals surface area contributed by atoms with Gasteiger partial charge in [-0.1, -0.05) is 18.2 Å². The van der Waals surface area contributed by atoms with E-state index in [2.05, 4.69) is 0 Å². The summed E-state index contributed by atoms with van der Waals surface area (Å²) in [6, 6.07) is 16.0. The maximum absolute atomic E-state index is 11.2. The molecular weight excluding hydrogens is 492 g/mol. The topological polar surface area (TPSA) is 160 Å². The van der Waals surface area contributed by atoms with Crippen LogP contribution in [0.5, 0.6) is 46.0 Å². The van der Waals surface area contributed by atoms with Crippen molar-refractivity contribution in [1.29, 1.82) is 0 Å². The zero-order chi connectivity index (χ0) is 26.7. The summed E-state index contributed by atoms with van der Waals surface area (Å²) in [6.07, 6.45) is -2.41. The van der Waals surface area contributed by atoms with E-state index in [4.69, 9.17) is 9.47 Å². The van der Waals surface area contributed by atoms with Crippen LogP contribution in [0.2, 0.25) is 0 Å². The summed E-state index contributed by atoms with van der Waals surface area (Å²) in [4.78, 5) is 0. The van der Waals surface area contributed by atoms with Crippen molar-refractivity contribution in [1.82, 2.24) is 0 Å². The third-order valence-corrected chi connectivity index (χ3v) is 7.07. The van der Waals surface area contributed by atoms with Gasteiger partial charge in [-0.05, 0) is 53.1 Å². The molecule has 4 atom stereocenters. The van der Waals surface area contributed by atoms with Crippen molar-refractivity contribution in [3.63, 3.8) is 0 Å². The molecule has 0 bridgehead atoms. The lowest BCUT2D eigenvalue weighted by Gasteiger charge is -2.32. The summed E-state index contributed by atoms with van der Waals surface area (Å²) in [7, 11) is 0. The Labute approximate surface area is 216 Å². The monoisotopic (exact) mass is 516 g/mol. The lowest BCUT2D eigenvalue weighted by Crippen LogP contribution is -2.30. The highest BCUT2D eigenvalue weighted by Crippen LogP contribution is 2.58. The molecule has 2 heterocycles. The summed E-state index contributed by atoms with van der Waals surface area (Å²) in [5.41, 5.74) is 2.45. The van der Waals surface area contributed by atoms with E-state index < -0.39 is 24.2 Å². The SMILES string of the molecule is Oc1ccc(C2Oc3cc(O)c4c(c3CC2O)OC(c2ccc(O)c(O)c2)C4c2cc(O)cc(O)c2)cc1. The highest BCUT2D eigenvalue weighted by molar-refractivity contribution is 5.65. The Morgan fingerprint density at radius 3 is 1.95 bits per heavy atom. The van der Waals surface area contributed by atoms with Crippen LogP contribution in [0.4, 0.5) is 0 Å². The largest absolute Gasteiger partial charge is 0.508 e. The van der Waals surface area contributed by atoms with Gasteiger partial charge in [0.15, 0.2) is 11.5 Å². The second-order valence-electron chi connectivity index (χ2n) is 9.56. The fourth-order valence-electron chi connectivity index (χ4n) is 5.36. The van der Waals surface area contributed by atoms with Crippen molar-refractivity contribution in [2.75, 3.05) is 0 Å². The molecule has 0 amide bonds. The van der Waals surface area contributed by atoms with Gasteiger partial charge in [0.2, 0.25) is 0 Å². The van der Waals surface area contributed by atoms with Crippen LogP contribution < -0.4 is 9.47 Å². The van der Waals surface area contributed by atoms with Gasteiger partial charge < -0.3 is 45.2 Å². The summed E-state index contributed by atoms with van der Waals surface area (Å²) in [5.74, 6) is -1.25. The van der Waals surface area contributed by atoms with E-state index in [0.717, 1.165) is 0 Å². The molecule has 2 aliphatic rings. The summed E-state index contributed by atoms with van der Waals surface area (Å²) < 4.78 is 12.5. The van der Waals surface area contributed by atoms with E-state index in [1.165, 1.54) is 48.5 Å². The second-order valence-corrected chi connectivity index (χ2v) is 9.56.